The first-order valence-corrected chi connectivity index (χ1v) is 8.31. The molecule has 2 nitrogen and oxygen atoms in total. The minimum atomic E-state index is 0.371. The van der Waals surface area contributed by atoms with Crippen LogP contribution in [0.5, 0.6) is 0 Å². The Morgan fingerprint density at radius 1 is 1.16 bits per heavy atom. The number of rotatable bonds is 5. The van der Waals surface area contributed by atoms with Crippen LogP contribution in [0.4, 0.5) is 0 Å². The fourth-order valence-electron chi connectivity index (χ4n) is 3.42. The van der Waals surface area contributed by atoms with Crippen molar-refractivity contribution in [3.05, 3.63) is 29.8 Å². The van der Waals surface area contributed by atoms with Crippen molar-refractivity contribution in [1.82, 2.24) is 5.32 Å². The predicted octanol–water partition coefficient (Wildman–Crippen LogP) is 2.70. The summed E-state index contributed by atoms with van der Waals surface area (Å²) in [6.45, 7) is 2.54. The highest BCUT2D eigenvalue weighted by atomic mass is 32.2. The van der Waals surface area contributed by atoms with E-state index in [1.807, 2.05) is 11.8 Å². The van der Waals surface area contributed by atoms with Crippen molar-refractivity contribution >= 4 is 11.8 Å². The van der Waals surface area contributed by atoms with Crippen LogP contribution in [-0.2, 0) is 6.42 Å². The Bertz CT molecular complexity index is 398. The van der Waals surface area contributed by atoms with Crippen molar-refractivity contribution in [2.24, 2.45) is 11.8 Å². The predicted molar refractivity (Wildman–Crippen MR) is 80.6 cm³/mol. The van der Waals surface area contributed by atoms with E-state index < -0.39 is 0 Å². The fourth-order valence-corrected chi connectivity index (χ4v) is 4.70. The molecule has 1 aliphatic carbocycles. The number of hydrogen-bond acceptors (Lipinski definition) is 3. The first-order valence-electron chi connectivity index (χ1n) is 7.43. The third-order valence-electron chi connectivity index (χ3n) is 4.54. The van der Waals surface area contributed by atoms with Gasteiger partial charge in [-0.1, -0.05) is 24.6 Å². The molecular formula is C16H23NOS. The van der Waals surface area contributed by atoms with E-state index in [4.69, 9.17) is 0 Å². The van der Waals surface area contributed by atoms with E-state index in [9.17, 15) is 5.11 Å². The van der Waals surface area contributed by atoms with Crippen LogP contribution < -0.4 is 5.32 Å². The van der Waals surface area contributed by atoms with Crippen LogP contribution in [0.3, 0.4) is 0 Å². The molecule has 1 fully saturated rings. The summed E-state index contributed by atoms with van der Waals surface area (Å²) in [6.07, 6.45) is 4.99. The maximum atomic E-state index is 9.33. The van der Waals surface area contributed by atoms with Crippen molar-refractivity contribution in [3.8, 4) is 0 Å². The molecule has 1 aromatic rings. The molecule has 104 valence electrons. The molecule has 3 rings (SSSR count). The SMILES string of the molecule is OCC1CCCC1CNCC1Cc2ccccc2S1. The summed E-state index contributed by atoms with van der Waals surface area (Å²) in [5.74, 6) is 1.24. The number of aliphatic hydroxyl groups is 1. The highest BCUT2D eigenvalue weighted by Crippen LogP contribution is 2.36. The first kappa shape index (κ1) is 13.5. The molecule has 1 heterocycles. The number of aliphatic hydroxyl groups excluding tert-OH is 1. The summed E-state index contributed by atoms with van der Waals surface area (Å²) in [4.78, 5) is 1.46. The maximum Gasteiger partial charge on any atom is 0.0462 e. The number of hydrogen-bond donors (Lipinski definition) is 2. The summed E-state index contributed by atoms with van der Waals surface area (Å²) in [5.41, 5.74) is 1.51. The van der Waals surface area contributed by atoms with Gasteiger partial charge >= 0.3 is 0 Å². The van der Waals surface area contributed by atoms with E-state index in [-0.39, 0.29) is 0 Å². The fraction of sp³-hybridized carbons (Fsp3) is 0.625. The molecule has 1 saturated carbocycles. The second kappa shape index (κ2) is 6.29. The number of thioether (sulfide) groups is 1. The van der Waals surface area contributed by atoms with Crippen LogP contribution in [-0.4, -0.2) is 30.1 Å². The molecule has 0 spiro atoms. The molecule has 3 atom stereocenters. The second-order valence-electron chi connectivity index (χ2n) is 5.84. The molecule has 2 aliphatic rings. The largest absolute Gasteiger partial charge is 0.396 e. The van der Waals surface area contributed by atoms with Crippen molar-refractivity contribution in [2.75, 3.05) is 19.7 Å². The van der Waals surface area contributed by atoms with Gasteiger partial charge in [-0.3, -0.25) is 0 Å². The quantitative estimate of drug-likeness (QED) is 0.868. The molecule has 0 aromatic heterocycles. The van der Waals surface area contributed by atoms with Gasteiger partial charge in [0.25, 0.3) is 0 Å². The lowest BCUT2D eigenvalue weighted by molar-refractivity contribution is 0.192. The summed E-state index contributed by atoms with van der Waals surface area (Å²) < 4.78 is 0. The van der Waals surface area contributed by atoms with E-state index >= 15 is 0 Å². The van der Waals surface area contributed by atoms with Gasteiger partial charge in [0.05, 0.1) is 0 Å². The van der Waals surface area contributed by atoms with Crippen LogP contribution in [0.15, 0.2) is 29.2 Å². The van der Waals surface area contributed by atoms with E-state index in [1.165, 1.54) is 36.1 Å². The molecule has 0 radical (unpaired) electrons. The van der Waals surface area contributed by atoms with Crippen molar-refractivity contribution in [1.29, 1.82) is 0 Å². The minimum Gasteiger partial charge on any atom is -0.396 e. The van der Waals surface area contributed by atoms with Gasteiger partial charge in [-0.2, -0.15) is 0 Å². The average Bonchev–Trinajstić information content (AvgIpc) is 3.04. The molecule has 1 aromatic carbocycles. The topological polar surface area (TPSA) is 32.3 Å². The molecule has 3 heteroatoms. The Kier molecular flexibility index (Phi) is 4.46. The van der Waals surface area contributed by atoms with Crippen LogP contribution in [0.2, 0.25) is 0 Å². The van der Waals surface area contributed by atoms with Crippen molar-refractivity contribution in [2.45, 2.75) is 35.8 Å². The van der Waals surface area contributed by atoms with Crippen LogP contribution in [0, 0.1) is 11.8 Å². The third kappa shape index (κ3) is 3.15. The average molecular weight is 277 g/mol. The van der Waals surface area contributed by atoms with Gasteiger partial charge < -0.3 is 10.4 Å². The van der Waals surface area contributed by atoms with Crippen LogP contribution >= 0.6 is 11.8 Å². The number of nitrogens with one attached hydrogen (secondary N) is 1. The van der Waals surface area contributed by atoms with Crippen LogP contribution in [0.1, 0.15) is 24.8 Å². The Morgan fingerprint density at radius 2 is 2.00 bits per heavy atom. The normalized spacial score (nSPS) is 29.6. The Hall–Kier alpha value is -0.510. The second-order valence-corrected chi connectivity index (χ2v) is 7.19. The maximum absolute atomic E-state index is 9.33. The zero-order valence-electron chi connectivity index (χ0n) is 11.3. The summed E-state index contributed by atoms with van der Waals surface area (Å²) in [7, 11) is 0. The molecular weight excluding hydrogens is 254 g/mol. The standard InChI is InChI=1S/C16H23NOS/c18-11-14-6-3-5-13(14)9-17-10-15-8-12-4-1-2-7-16(12)19-15/h1-2,4,7,13-15,17-18H,3,5-6,8-11H2. The van der Waals surface area contributed by atoms with Gasteiger partial charge in [0.1, 0.15) is 0 Å². The lowest BCUT2D eigenvalue weighted by Gasteiger charge is -2.19. The van der Waals surface area contributed by atoms with E-state index in [2.05, 4.69) is 29.6 Å². The minimum absolute atomic E-state index is 0.371. The first-order chi connectivity index (χ1) is 9.36. The highest BCUT2D eigenvalue weighted by molar-refractivity contribution is 8.00. The van der Waals surface area contributed by atoms with Crippen molar-refractivity contribution in [3.63, 3.8) is 0 Å². The Balaban J connectivity index is 1.42. The molecule has 1 aliphatic heterocycles. The van der Waals surface area contributed by atoms with Gasteiger partial charge in [-0.05, 0) is 49.3 Å². The molecule has 3 unspecified atom stereocenters. The van der Waals surface area contributed by atoms with Crippen LogP contribution in [0.25, 0.3) is 0 Å². The van der Waals surface area contributed by atoms with Gasteiger partial charge in [0, 0.05) is 23.3 Å². The van der Waals surface area contributed by atoms with Crippen molar-refractivity contribution < 1.29 is 5.11 Å². The summed E-state index contributed by atoms with van der Waals surface area (Å²) in [6, 6.07) is 8.76. The molecule has 0 saturated heterocycles. The summed E-state index contributed by atoms with van der Waals surface area (Å²) in [5, 5.41) is 13.7. The van der Waals surface area contributed by atoms with E-state index in [1.54, 1.807) is 0 Å². The number of fused-ring (bicyclic) bond motifs is 1. The van der Waals surface area contributed by atoms with Gasteiger partial charge in [-0.15, -0.1) is 11.8 Å². The Labute approximate surface area is 120 Å². The molecule has 19 heavy (non-hydrogen) atoms. The smallest absolute Gasteiger partial charge is 0.0462 e. The third-order valence-corrected chi connectivity index (χ3v) is 5.86. The monoisotopic (exact) mass is 277 g/mol. The summed E-state index contributed by atoms with van der Waals surface area (Å²) >= 11 is 2.01. The Morgan fingerprint density at radius 3 is 2.84 bits per heavy atom. The van der Waals surface area contributed by atoms with E-state index in [0.29, 0.717) is 23.7 Å². The molecule has 0 bridgehead atoms. The van der Waals surface area contributed by atoms with Gasteiger partial charge in [0.2, 0.25) is 0 Å². The molecule has 2 N–H and O–H groups in total. The highest BCUT2D eigenvalue weighted by Gasteiger charge is 2.27. The zero-order chi connectivity index (χ0) is 13.1. The lowest BCUT2D eigenvalue weighted by atomic mass is 9.97. The van der Waals surface area contributed by atoms with E-state index in [0.717, 1.165) is 13.1 Å². The van der Waals surface area contributed by atoms with Gasteiger partial charge in [-0.25, -0.2) is 0 Å². The van der Waals surface area contributed by atoms with Gasteiger partial charge in [0.15, 0.2) is 0 Å². The zero-order valence-corrected chi connectivity index (χ0v) is 12.2. The lowest BCUT2D eigenvalue weighted by Crippen LogP contribution is -2.31. The molecule has 0 amide bonds. The number of benzene rings is 1.